The number of rotatable bonds is 6. The first kappa shape index (κ1) is 30.2. The van der Waals surface area contributed by atoms with Crippen LogP contribution in [0.4, 0.5) is 0 Å². The van der Waals surface area contributed by atoms with Crippen LogP contribution in [-0.4, -0.2) is 110 Å². The zero-order valence-corrected chi connectivity index (χ0v) is 22.5. The summed E-state index contributed by atoms with van der Waals surface area (Å²) in [6.07, 6.45) is -15.6. The average molecular weight is 593 g/mol. The van der Waals surface area contributed by atoms with Crippen LogP contribution in [0, 0.1) is 0 Å². The summed E-state index contributed by atoms with van der Waals surface area (Å²) in [5, 5.41) is 83.0. The number of aromatic hydroxyl groups is 2. The van der Waals surface area contributed by atoms with Crippen molar-refractivity contribution in [3.05, 3.63) is 52.2 Å². The molecule has 3 heterocycles. The molecule has 2 aromatic carbocycles. The summed E-state index contributed by atoms with van der Waals surface area (Å²) in [7, 11) is 1.26. The highest BCUT2D eigenvalue weighted by atomic mass is 16.7. The van der Waals surface area contributed by atoms with Crippen LogP contribution >= 0.6 is 0 Å². The number of ether oxygens (including phenoxy) is 4. The number of hydrogen-bond donors (Lipinski definition) is 8. The van der Waals surface area contributed by atoms with E-state index in [4.69, 9.17) is 23.4 Å². The molecular formula is C28H32O14. The number of phenolic OH excluding ortho intramolecular Hbond substituents is 2. The molecule has 10 atom stereocenters. The summed E-state index contributed by atoms with van der Waals surface area (Å²) in [6.45, 7) is 0.669. The molecule has 8 N–H and O–H groups in total. The zero-order chi connectivity index (χ0) is 30.5. The molecule has 2 saturated heterocycles. The van der Waals surface area contributed by atoms with Gasteiger partial charge in [0.05, 0.1) is 25.4 Å². The van der Waals surface area contributed by atoms with E-state index in [0.717, 1.165) is 6.07 Å². The van der Waals surface area contributed by atoms with E-state index >= 15 is 0 Å². The first-order valence-corrected chi connectivity index (χ1v) is 13.1. The number of hydrogen-bond acceptors (Lipinski definition) is 14. The largest absolute Gasteiger partial charge is 0.508 e. The summed E-state index contributed by atoms with van der Waals surface area (Å²) in [5.41, 5.74) is -0.477. The Morgan fingerprint density at radius 1 is 0.881 bits per heavy atom. The third-order valence-corrected chi connectivity index (χ3v) is 7.62. The van der Waals surface area contributed by atoms with Gasteiger partial charge in [0.25, 0.3) is 0 Å². The molecule has 228 valence electrons. The molecule has 5 unspecified atom stereocenters. The molecule has 14 nitrogen and oxygen atoms in total. The van der Waals surface area contributed by atoms with Gasteiger partial charge in [-0.3, -0.25) is 4.79 Å². The molecule has 42 heavy (non-hydrogen) atoms. The summed E-state index contributed by atoms with van der Waals surface area (Å²) >= 11 is 0. The molecule has 5 rings (SSSR count). The predicted octanol–water partition coefficient (Wildman–Crippen LogP) is -0.754. The fraction of sp³-hybridized carbons (Fsp3) is 0.464. The van der Waals surface area contributed by atoms with Gasteiger partial charge in [0.2, 0.25) is 0 Å². The van der Waals surface area contributed by atoms with Crippen LogP contribution in [0.2, 0.25) is 0 Å². The van der Waals surface area contributed by atoms with E-state index in [1.807, 2.05) is 0 Å². The van der Waals surface area contributed by atoms with E-state index in [9.17, 15) is 45.6 Å². The van der Waals surface area contributed by atoms with Crippen molar-refractivity contribution < 1.29 is 64.2 Å². The zero-order valence-electron chi connectivity index (χ0n) is 22.5. The second-order valence-corrected chi connectivity index (χ2v) is 10.3. The SMILES string of the molecule is COc1cc2oc(-c3ccc(O)cc3)cc(=O)c2c(O)c1C1O[C@@H](CO)C(O)[C@@H](O)C1OC1O[C@@H](C)[C@@H](O)[C@@H](O)C1O. The first-order chi connectivity index (χ1) is 20.0. The van der Waals surface area contributed by atoms with Gasteiger partial charge in [0, 0.05) is 17.7 Å². The van der Waals surface area contributed by atoms with Crippen molar-refractivity contribution in [3.8, 4) is 28.6 Å². The first-order valence-electron chi connectivity index (χ1n) is 13.1. The smallest absolute Gasteiger partial charge is 0.197 e. The molecule has 3 aromatic rings. The third-order valence-electron chi connectivity index (χ3n) is 7.62. The molecule has 0 aliphatic carbocycles. The molecule has 0 spiro atoms. The standard InChI is InChI=1S/C28H32O14/c1-10-20(32)23(35)25(37)28(39-10)42-27-24(36)21(33)17(9-29)41-26(27)19-15(38-2)8-16-18(22(19)34)13(31)7-14(40-16)11-3-5-12(30)6-4-11/h3-8,10,17,20-21,23-30,32-37H,9H2,1-2H3/t10-,17-,20+,21?,23+,24+,25?,26?,27?,28?/m0/s1. The molecule has 2 aliphatic heterocycles. The van der Waals surface area contributed by atoms with Crippen LogP contribution in [-0.2, 0) is 14.2 Å². The van der Waals surface area contributed by atoms with E-state index in [0.29, 0.717) is 5.56 Å². The molecule has 0 bridgehead atoms. The lowest BCUT2D eigenvalue weighted by atomic mass is 9.89. The van der Waals surface area contributed by atoms with E-state index in [1.165, 1.54) is 44.4 Å². The van der Waals surface area contributed by atoms with Gasteiger partial charge in [-0.15, -0.1) is 0 Å². The maximum Gasteiger partial charge on any atom is 0.197 e. The second-order valence-electron chi connectivity index (χ2n) is 10.3. The van der Waals surface area contributed by atoms with Crippen molar-refractivity contribution in [1.82, 2.24) is 0 Å². The lowest BCUT2D eigenvalue weighted by Crippen LogP contribution is -2.61. The highest BCUT2D eigenvalue weighted by Gasteiger charge is 2.51. The average Bonchev–Trinajstić information content (AvgIpc) is 2.97. The summed E-state index contributed by atoms with van der Waals surface area (Å²) in [5.74, 6) is -0.606. The van der Waals surface area contributed by atoms with Crippen LogP contribution in [0.15, 0.2) is 45.6 Å². The Kier molecular flexibility index (Phi) is 8.44. The fourth-order valence-corrected chi connectivity index (χ4v) is 5.26. The molecule has 0 saturated carbocycles. The maximum absolute atomic E-state index is 13.3. The normalized spacial score (nSPS) is 33.5. The van der Waals surface area contributed by atoms with Crippen LogP contribution in [0.25, 0.3) is 22.3 Å². The van der Waals surface area contributed by atoms with Crippen molar-refractivity contribution in [3.63, 3.8) is 0 Å². The lowest BCUT2D eigenvalue weighted by molar-refractivity contribution is -0.338. The Labute approximate surface area is 238 Å². The van der Waals surface area contributed by atoms with Gasteiger partial charge >= 0.3 is 0 Å². The fourth-order valence-electron chi connectivity index (χ4n) is 5.26. The summed E-state index contributed by atoms with van der Waals surface area (Å²) in [6, 6.07) is 8.31. The second kappa shape index (κ2) is 11.8. The number of aliphatic hydroxyl groups excluding tert-OH is 6. The molecule has 0 radical (unpaired) electrons. The number of methoxy groups -OCH3 is 1. The number of aliphatic hydroxyl groups is 6. The van der Waals surface area contributed by atoms with Crippen LogP contribution < -0.4 is 10.2 Å². The summed E-state index contributed by atoms with van der Waals surface area (Å²) in [4.78, 5) is 13.3. The van der Waals surface area contributed by atoms with Crippen molar-refractivity contribution in [2.45, 2.75) is 68.1 Å². The predicted molar refractivity (Wildman–Crippen MR) is 142 cm³/mol. The van der Waals surface area contributed by atoms with Gasteiger partial charge in [-0.2, -0.15) is 0 Å². The van der Waals surface area contributed by atoms with Crippen LogP contribution in [0.5, 0.6) is 17.2 Å². The van der Waals surface area contributed by atoms with Crippen LogP contribution in [0.3, 0.4) is 0 Å². The minimum atomic E-state index is -1.80. The Morgan fingerprint density at radius 3 is 2.21 bits per heavy atom. The van der Waals surface area contributed by atoms with Crippen LogP contribution in [0.1, 0.15) is 18.6 Å². The third kappa shape index (κ3) is 5.21. The monoisotopic (exact) mass is 592 g/mol. The highest BCUT2D eigenvalue weighted by molar-refractivity contribution is 5.88. The van der Waals surface area contributed by atoms with Gasteiger partial charge in [0.15, 0.2) is 11.7 Å². The molecule has 2 fully saturated rings. The Bertz CT molecular complexity index is 1470. The molecule has 0 amide bonds. The Hall–Kier alpha value is -3.31. The van der Waals surface area contributed by atoms with E-state index in [2.05, 4.69) is 0 Å². The van der Waals surface area contributed by atoms with E-state index in [1.54, 1.807) is 0 Å². The molecule has 1 aromatic heterocycles. The minimum absolute atomic E-state index is 0.00915. The van der Waals surface area contributed by atoms with E-state index < -0.39 is 79.0 Å². The number of fused-ring (bicyclic) bond motifs is 1. The summed E-state index contributed by atoms with van der Waals surface area (Å²) < 4.78 is 28.5. The van der Waals surface area contributed by atoms with Gasteiger partial charge in [0.1, 0.15) is 82.8 Å². The maximum atomic E-state index is 13.3. The van der Waals surface area contributed by atoms with Crippen molar-refractivity contribution in [1.29, 1.82) is 0 Å². The van der Waals surface area contributed by atoms with Crippen molar-refractivity contribution in [2.24, 2.45) is 0 Å². The molecule has 2 aliphatic rings. The van der Waals surface area contributed by atoms with Crippen molar-refractivity contribution in [2.75, 3.05) is 13.7 Å². The minimum Gasteiger partial charge on any atom is -0.508 e. The molecular weight excluding hydrogens is 560 g/mol. The Morgan fingerprint density at radius 2 is 1.57 bits per heavy atom. The van der Waals surface area contributed by atoms with Gasteiger partial charge in [-0.25, -0.2) is 0 Å². The Balaban J connectivity index is 1.61. The van der Waals surface area contributed by atoms with Gasteiger partial charge in [-0.1, -0.05) is 0 Å². The van der Waals surface area contributed by atoms with E-state index in [-0.39, 0.29) is 33.8 Å². The lowest BCUT2D eigenvalue weighted by Gasteiger charge is -2.46. The quantitative estimate of drug-likeness (QED) is 0.176. The number of phenols is 2. The van der Waals surface area contributed by atoms with Gasteiger partial charge in [-0.05, 0) is 31.2 Å². The van der Waals surface area contributed by atoms with Crippen molar-refractivity contribution >= 4 is 11.0 Å². The molecule has 14 heteroatoms. The van der Waals surface area contributed by atoms with Gasteiger partial charge < -0.3 is 64.2 Å². The number of benzene rings is 2. The highest BCUT2D eigenvalue weighted by Crippen LogP contribution is 2.46. The topological polar surface area (TPSA) is 229 Å².